The lowest BCUT2D eigenvalue weighted by Gasteiger charge is -2.14. The zero-order valence-electron chi connectivity index (χ0n) is 15.8. The molecular formula is C19H22N2O6S2. The van der Waals surface area contributed by atoms with Crippen molar-refractivity contribution in [1.82, 2.24) is 5.32 Å². The summed E-state index contributed by atoms with van der Waals surface area (Å²) in [5, 5.41) is 2.77. The number of nitrogens with one attached hydrogen (secondary N) is 2. The first-order chi connectivity index (χ1) is 13.7. The number of rotatable bonds is 7. The Morgan fingerprint density at radius 2 is 1.69 bits per heavy atom. The van der Waals surface area contributed by atoms with Crippen molar-refractivity contribution in [3.63, 3.8) is 0 Å². The van der Waals surface area contributed by atoms with Crippen LogP contribution in [0.25, 0.3) is 0 Å². The second kappa shape index (κ2) is 8.52. The number of ether oxygens (including phenoxy) is 1. The second-order valence-corrected chi connectivity index (χ2v) is 10.4. The Kier molecular flexibility index (Phi) is 6.25. The van der Waals surface area contributed by atoms with E-state index in [4.69, 9.17) is 4.74 Å². The highest BCUT2D eigenvalue weighted by Gasteiger charge is 2.21. The molecule has 1 heterocycles. The third-order valence-corrected chi connectivity index (χ3v) is 7.00. The van der Waals surface area contributed by atoms with Crippen molar-refractivity contribution in [2.45, 2.75) is 28.7 Å². The van der Waals surface area contributed by atoms with Crippen LogP contribution in [0, 0.1) is 0 Å². The summed E-state index contributed by atoms with van der Waals surface area (Å²) in [4.78, 5) is 12.4. The molecule has 0 radical (unpaired) electrons. The third kappa shape index (κ3) is 5.34. The number of para-hydroxylation sites is 1. The number of hydrogen-bond acceptors (Lipinski definition) is 6. The van der Waals surface area contributed by atoms with Crippen LogP contribution in [0.5, 0.6) is 0 Å². The molecular weight excluding hydrogens is 416 g/mol. The average Bonchev–Trinajstić information content (AvgIpc) is 3.19. The predicted molar refractivity (Wildman–Crippen MR) is 108 cm³/mol. The summed E-state index contributed by atoms with van der Waals surface area (Å²) in [7, 11) is -7.45. The predicted octanol–water partition coefficient (Wildman–Crippen LogP) is 1.80. The van der Waals surface area contributed by atoms with Gasteiger partial charge in [0.25, 0.3) is 15.9 Å². The van der Waals surface area contributed by atoms with E-state index in [1.54, 1.807) is 12.1 Å². The highest BCUT2D eigenvalue weighted by molar-refractivity contribution is 7.92. The van der Waals surface area contributed by atoms with E-state index in [1.165, 1.54) is 36.4 Å². The van der Waals surface area contributed by atoms with E-state index < -0.39 is 25.8 Å². The lowest BCUT2D eigenvalue weighted by molar-refractivity contribution is 0.0858. The molecule has 0 spiro atoms. The normalized spacial score (nSPS) is 17.1. The maximum absolute atomic E-state index is 12.7. The number of sulfonamides is 1. The van der Waals surface area contributed by atoms with Gasteiger partial charge in [0.05, 0.1) is 27.1 Å². The Balaban J connectivity index is 1.77. The molecule has 10 heteroatoms. The van der Waals surface area contributed by atoms with E-state index in [2.05, 4.69) is 10.0 Å². The minimum Gasteiger partial charge on any atom is -0.376 e. The molecule has 2 aromatic carbocycles. The quantitative estimate of drug-likeness (QED) is 0.680. The van der Waals surface area contributed by atoms with E-state index in [0.717, 1.165) is 19.1 Å². The number of benzene rings is 2. The molecule has 3 rings (SSSR count). The molecule has 0 aliphatic carbocycles. The van der Waals surface area contributed by atoms with Gasteiger partial charge in [0.1, 0.15) is 0 Å². The molecule has 1 amide bonds. The van der Waals surface area contributed by atoms with Gasteiger partial charge >= 0.3 is 0 Å². The fourth-order valence-electron chi connectivity index (χ4n) is 2.95. The highest BCUT2D eigenvalue weighted by Crippen LogP contribution is 2.21. The molecule has 1 saturated heterocycles. The van der Waals surface area contributed by atoms with Gasteiger partial charge in [-0.15, -0.1) is 0 Å². The topological polar surface area (TPSA) is 119 Å². The first kappa shape index (κ1) is 21.3. The number of amides is 1. The highest BCUT2D eigenvalue weighted by atomic mass is 32.2. The van der Waals surface area contributed by atoms with E-state index in [-0.39, 0.29) is 27.1 Å². The molecule has 156 valence electrons. The Bertz CT molecular complexity index is 1090. The molecule has 1 aliphatic heterocycles. The largest absolute Gasteiger partial charge is 0.376 e. The van der Waals surface area contributed by atoms with Crippen LogP contribution >= 0.6 is 0 Å². The van der Waals surface area contributed by atoms with E-state index in [1.807, 2.05) is 0 Å². The summed E-state index contributed by atoms with van der Waals surface area (Å²) in [5.41, 5.74) is 0.311. The second-order valence-electron chi connectivity index (χ2n) is 6.74. The van der Waals surface area contributed by atoms with Gasteiger partial charge < -0.3 is 10.1 Å². The van der Waals surface area contributed by atoms with Gasteiger partial charge in [0.2, 0.25) is 0 Å². The van der Waals surface area contributed by atoms with Crippen LogP contribution in [-0.2, 0) is 24.6 Å². The fraction of sp³-hybridized carbons (Fsp3) is 0.316. The van der Waals surface area contributed by atoms with Gasteiger partial charge in [0.15, 0.2) is 9.84 Å². The first-order valence-corrected chi connectivity index (χ1v) is 12.4. The van der Waals surface area contributed by atoms with Gasteiger partial charge in [-0.1, -0.05) is 12.1 Å². The summed E-state index contributed by atoms with van der Waals surface area (Å²) in [6.45, 7) is 1.03. The zero-order valence-corrected chi connectivity index (χ0v) is 17.4. The molecule has 1 aliphatic rings. The standard InChI is InChI=1S/C19H22N2O6S2/c1-28(23,24)15-8-10-16(11-9-15)29(25,26)21-18-7-3-2-6-17(18)19(22)20-13-14-5-4-12-27-14/h2-3,6-11,14,21H,4-5,12-13H2,1H3,(H,20,22). The summed E-state index contributed by atoms with van der Waals surface area (Å²) in [6.07, 6.45) is 2.84. The van der Waals surface area contributed by atoms with Crippen LogP contribution < -0.4 is 10.0 Å². The number of carbonyl (C=O) groups excluding carboxylic acids is 1. The molecule has 8 nitrogen and oxygen atoms in total. The maximum atomic E-state index is 12.7. The third-order valence-electron chi connectivity index (χ3n) is 4.49. The molecule has 0 bridgehead atoms. The fourth-order valence-corrected chi connectivity index (χ4v) is 4.66. The van der Waals surface area contributed by atoms with Gasteiger partial charge in [-0.05, 0) is 49.2 Å². The van der Waals surface area contributed by atoms with Gasteiger partial charge in [-0.25, -0.2) is 16.8 Å². The lowest BCUT2D eigenvalue weighted by atomic mass is 10.1. The van der Waals surface area contributed by atoms with E-state index in [9.17, 15) is 21.6 Å². The van der Waals surface area contributed by atoms with E-state index in [0.29, 0.717) is 13.2 Å². The van der Waals surface area contributed by atoms with Crippen LogP contribution in [-0.4, -0.2) is 48.3 Å². The van der Waals surface area contributed by atoms with Crippen LogP contribution in [0.3, 0.4) is 0 Å². The van der Waals surface area contributed by atoms with Gasteiger partial charge in [0, 0.05) is 19.4 Å². The molecule has 1 unspecified atom stereocenters. The van der Waals surface area contributed by atoms with E-state index >= 15 is 0 Å². The molecule has 0 aromatic heterocycles. The Morgan fingerprint density at radius 3 is 2.31 bits per heavy atom. The number of hydrogen-bond donors (Lipinski definition) is 2. The van der Waals surface area contributed by atoms with Crippen molar-refractivity contribution in [3.8, 4) is 0 Å². The number of sulfone groups is 1. The Morgan fingerprint density at radius 1 is 1.03 bits per heavy atom. The van der Waals surface area contributed by atoms with Crippen LogP contribution in [0.15, 0.2) is 58.3 Å². The van der Waals surface area contributed by atoms with Crippen molar-refractivity contribution in [2.75, 3.05) is 24.1 Å². The Hall–Kier alpha value is -2.43. The molecule has 2 aromatic rings. The van der Waals surface area contributed by atoms with Crippen LogP contribution in [0.1, 0.15) is 23.2 Å². The monoisotopic (exact) mass is 438 g/mol. The lowest BCUT2D eigenvalue weighted by Crippen LogP contribution is -2.32. The Labute approximate surface area is 170 Å². The van der Waals surface area contributed by atoms with Crippen molar-refractivity contribution >= 4 is 31.5 Å². The van der Waals surface area contributed by atoms with Gasteiger partial charge in [-0.3, -0.25) is 9.52 Å². The summed E-state index contributed by atoms with van der Waals surface area (Å²) >= 11 is 0. The van der Waals surface area contributed by atoms with Crippen molar-refractivity contribution in [2.24, 2.45) is 0 Å². The number of anilines is 1. The summed E-state index contributed by atoms with van der Waals surface area (Å²) < 4.78 is 56.3. The van der Waals surface area contributed by atoms with Crippen molar-refractivity contribution in [3.05, 3.63) is 54.1 Å². The van der Waals surface area contributed by atoms with Gasteiger partial charge in [-0.2, -0.15) is 0 Å². The summed E-state index contributed by atoms with van der Waals surface area (Å²) in [6, 6.07) is 11.1. The van der Waals surface area contributed by atoms with Crippen LogP contribution in [0.4, 0.5) is 5.69 Å². The first-order valence-electron chi connectivity index (χ1n) is 8.98. The minimum absolute atomic E-state index is 0.0189. The zero-order chi connectivity index (χ0) is 21.1. The summed E-state index contributed by atoms with van der Waals surface area (Å²) in [5.74, 6) is -0.411. The number of carbonyl (C=O) groups is 1. The van der Waals surface area contributed by atoms with Crippen LogP contribution in [0.2, 0.25) is 0 Å². The molecule has 2 N–H and O–H groups in total. The molecule has 29 heavy (non-hydrogen) atoms. The molecule has 1 fully saturated rings. The maximum Gasteiger partial charge on any atom is 0.261 e. The SMILES string of the molecule is CS(=O)(=O)c1ccc(S(=O)(=O)Nc2ccccc2C(=O)NCC2CCCO2)cc1. The minimum atomic E-state index is -4.01. The smallest absolute Gasteiger partial charge is 0.261 e. The molecule has 0 saturated carbocycles. The average molecular weight is 439 g/mol. The molecule has 1 atom stereocenters. The van der Waals surface area contributed by atoms with Crippen molar-refractivity contribution in [1.29, 1.82) is 0 Å². The van der Waals surface area contributed by atoms with Crippen molar-refractivity contribution < 1.29 is 26.4 Å².